The molecule has 3 aromatic rings. The Kier molecular flexibility index (Phi) is 5.29. The van der Waals surface area contributed by atoms with Crippen molar-refractivity contribution in [2.45, 2.75) is 19.4 Å². The van der Waals surface area contributed by atoms with E-state index < -0.39 is 0 Å². The average molecular weight is 385 g/mol. The maximum absolute atomic E-state index is 12.9. The number of hydrogen-bond acceptors (Lipinski definition) is 3. The normalized spacial score (nSPS) is 14.9. The van der Waals surface area contributed by atoms with Gasteiger partial charge in [-0.2, -0.15) is 0 Å². The summed E-state index contributed by atoms with van der Waals surface area (Å²) >= 11 is 0. The molecule has 0 radical (unpaired) electrons. The fourth-order valence-corrected chi connectivity index (χ4v) is 3.76. The third-order valence-electron chi connectivity index (χ3n) is 5.11. The average Bonchev–Trinajstić information content (AvgIpc) is 3.08. The second-order valence-corrected chi connectivity index (χ2v) is 7.16. The zero-order chi connectivity index (χ0) is 20.2. The summed E-state index contributed by atoms with van der Waals surface area (Å²) in [5, 5.41) is 6.04. The fraction of sp³-hybridized carbons (Fsp3) is 0.167. The van der Waals surface area contributed by atoms with Crippen molar-refractivity contribution in [3.05, 3.63) is 90.0 Å². The standard InChI is InChI=1S/C24H23N3O2/c1-17-15-18-9-5-8-14-22(18)27(17)23(28)16-25-21-13-7-6-12-20(21)24(29)26-19-10-3-2-4-11-19/h2-14,17,25H,15-16H2,1H3,(H,26,29)/t17-/m0/s1. The molecule has 0 fully saturated rings. The predicted octanol–water partition coefficient (Wildman–Crippen LogP) is 4.33. The quantitative estimate of drug-likeness (QED) is 0.687. The molecule has 0 aliphatic carbocycles. The van der Waals surface area contributed by atoms with Crippen LogP contribution in [0.4, 0.5) is 17.1 Å². The first-order valence-electron chi connectivity index (χ1n) is 9.73. The fourth-order valence-electron chi connectivity index (χ4n) is 3.76. The lowest BCUT2D eigenvalue weighted by molar-refractivity contribution is -0.117. The first-order valence-corrected chi connectivity index (χ1v) is 9.73. The van der Waals surface area contributed by atoms with Gasteiger partial charge >= 0.3 is 0 Å². The van der Waals surface area contributed by atoms with Crippen molar-refractivity contribution in [2.24, 2.45) is 0 Å². The number of rotatable bonds is 5. The number of anilines is 3. The Morgan fingerprint density at radius 3 is 2.45 bits per heavy atom. The lowest BCUT2D eigenvalue weighted by atomic mass is 10.1. The number of fused-ring (bicyclic) bond motifs is 1. The Morgan fingerprint density at radius 2 is 1.62 bits per heavy atom. The summed E-state index contributed by atoms with van der Waals surface area (Å²) in [5.74, 6) is -0.229. The number of carbonyl (C=O) groups is 2. The van der Waals surface area contributed by atoms with E-state index in [0.29, 0.717) is 11.3 Å². The highest BCUT2D eigenvalue weighted by Gasteiger charge is 2.30. The third-order valence-corrected chi connectivity index (χ3v) is 5.11. The van der Waals surface area contributed by atoms with Crippen LogP contribution in [0.15, 0.2) is 78.9 Å². The highest BCUT2D eigenvalue weighted by Crippen LogP contribution is 2.31. The number of carbonyl (C=O) groups excluding carboxylic acids is 2. The molecule has 0 unspecified atom stereocenters. The summed E-state index contributed by atoms with van der Waals surface area (Å²) in [7, 11) is 0. The molecule has 2 N–H and O–H groups in total. The van der Waals surface area contributed by atoms with Crippen LogP contribution in [0.25, 0.3) is 0 Å². The van der Waals surface area contributed by atoms with Gasteiger partial charge in [0.2, 0.25) is 5.91 Å². The maximum atomic E-state index is 12.9. The molecule has 0 saturated carbocycles. The van der Waals surface area contributed by atoms with Gasteiger partial charge in [0.1, 0.15) is 0 Å². The van der Waals surface area contributed by atoms with Crippen molar-refractivity contribution < 1.29 is 9.59 Å². The van der Waals surface area contributed by atoms with Crippen molar-refractivity contribution in [1.29, 1.82) is 0 Å². The summed E-state index contributed by atoms with van der Waals surface area (Å²) in [5.41, 5.74) is 4.03. The minimum Gasteiger partial charge on any atom is -0.375 e. The molecule has 5 nitrogen and oxygen atoms in total. The third kappa shape index (κ3) is 3.99. The highest BCUT2D eigenvalue weighted by molar-refractivity contribution is 6.08. The van der Waals surface area contributed by atoms with Crippen molar-refractivity contribution >= 4 is 28.9 Å². The molecular weight excluding hydrogens is 362 g/mol. The molecule has 0 spiro atoms. The van der Waals surface area contributed by atoms with Crippen LogP contribution in [0.2, 0.25) is 0 Å². The molecule has 1 atom stereocenters. The molecule has 0 bridgehead atoms. The molecule has 4 rings (SSSR count). The Bertz CT molecular complexity index is 1030. The molecule has 0 saturated heterocycles. The van der Waals surface area contributed by atoms with Crippen LogP contribution < -0.4 is 15.5 Å². The molecule has 1 heterocycles. The van der Waals surface area contributed by atoms with Gasteiger partial charge in [0, 0.05) is 23.1 Å². The minimum absolute atomic E-state index is 0.0132. The summed E-state index contributed by atoms with van der Waals surface area (Å²) in [4.78, 5) is 27.5. The van der Waals surface area contributed by atoms with E-state index in [1.54, 1.807) is 6.07 Å². The van der Waals surface area contributed by atoms with E-state index >= 15 is 0 Å². The second kappa shape index (κ2) is 8.19. The highest BCUT2D eigenvalue weighted by atomic mass is 16.2. The van der Waals surface area contributed by atoms with Gasteiger partial charge in [0.15, 0.2) is 0 Å². The van der Waals surface area contributed by atoms with Crippen LogP contribution in [-0.2, 0) is 11.2 Å². The Hall–Kier alpha value is -3.60. The van der Waals surface area contributed by atoms with Gasteiger partial charge < -0.3 is 15.5 Å². The van der Waals surface area contributed by atoms with E-state index in [0.717, 1.165) is 17.8 Å². The Labute approximate surface area is 170 Å². The van der Waals surface area contributed by atoms with Gasteiger partial charge in [-0.15, -0.1) is 0 Å². The van der Waals surface area contributed by atoms with Crippen LogP contribution in [0.3, 0.4) is 0 Å². The SMILES string of the molecule is C[C@H]1Cc2ccccc2N1C(=O)CNc1ccccc1C(=O)Nc1ccccc1. The van der Waals surface area contributed by atoms with E-state index in [4.69, 9.17) is 0 Å². The summed E-state index contributed by atoms with van der Waals surface area (Å²) in [6, 6.07) is 24.7. The first kappa shape index (κ1) is 18.7. The number of amides is 2. The maximum Gasteiger partial charge on any atom is 0.257 e. The van der Waals surface area contributed by atoms with Gasteiger partial charge in [-0.25, -0.2) is 0 Å². The minimum atomic E-state index is -0.216. The summed E-state index contributed by atoms with van der Waals surface area (Å²) < 4.78 is 0. The molecule has 1 aliphatic rings. The predicted molar refractivity (Wildman–Crippen MR) is 116 cm³/mol. The van der Waals surface area contributed by atoms with E-state index in [9.17, 15) is 9.59 Å². The molecule has 146 valence electrons. The van der Waals surface area contributed by atoms with Gasteiger partial charge in [-0.3, -0.25) is 9.59 Å². The lowest BCUT2D eigenvalue weighted by Crippen LogP contribution is -2.39. The smallest absolute Gasteiger partial charge is 0.257 e. The van der Waals surface area contributed by atoms with E-state index in [2.05, 4.69) is 23.6 Å². The molecule has 1 aliphatic heterocycles. The van der Waals surface area contributed by atoms with Crippen molar-refractivity contribution in [3.8, 4) is 0 Å². The molecular formula is C24H23N3O2. The van der Waals surface area contributed by atoms with Crippen LogP contribution in [0.1, 0.15) is 22.8 Å². The first-order chi connectivity index (χ1) is 14.1. The zero-order valence-corrected chi connectivity index (χ0v) is 16.3. The van der Waals surface area contributed by atoms with Gasteiger partial charge in [-0.05, 0) is 49.2 Å². The molecule has 3 aromatic carbocycles. The molecule has 5 heteroatoms. The lowest BCUT2D eigenvalue weighted by Gasteiger charge is -2.23. The molecule has 0 aromatic heterocycles. The van der Waals surface area contributed by atoms with Crippen molar-refractivity contribution in [1.82, 2.24) is 0 Å². The van der Waals surface area contributed by atoms with Crippen LogP contribution >= 0.6 is 0 Å². The number of para-hydroxylation sites is 3. The van der Waals surface area contributed by atoms with Gasteiger partial charge in [0.25, 0.3) is 5.91 Å². The van der Waals surface area contributed by atoms with Crippen LogP contribution in [0.5, 0.6) is 0 Å². The summed E-state index contributed by atoms with van der Waals surface area (Å²) in [6.45, 7) is 2.17. The Morgan fingerprint density at radius 1 is 0.931 bits per heavy atom. The van der Waals surface area contributed by atoms with Gasteiger partial charge in [0.05, 0.1) is 12.1 Å². The molecule has 2 amide bonds. The van der Waals surface area contributed by atoms with Crippen molar-refractivity contribution in [3.63, 3.8) is 0 Å². The number of nitrogens with one attached hydrogen (secondary N) is 2. The summed E-state index contributed by atoms with van der Waals surface area (Å²) in [6.07, 6.45) is 0.859. The monoisotopic (exact) mass is 385 g/mol. The second-order valence-electron chi connectivity index (χ2n) is 7.16. The van der Waals surface area contributed by atoms with E-state index in [-0.39, 0.29) is 24.4 Å². The zero-order valence-electron chi connectivity index (χ0n) is 16.3. The Balaban J connectivity index is 1.47. The van der Waals surface area contributed by atoms with E-state index in [1.807, 2.05) is 71.6 Å². The number of hydrogen-bond donors (Lipinski definition) is 2. The number of benzene rings is 3. The van der Waals surface area contributed by atoms with E-state index in [1.165, 1.54) is 5.56 Å². The number of nitrogens with zero attached hydrogens (tertiary/aromatic N) is 1. The largest absolute Gasteiger partial charge is 0.375 e. The van der Waals surface area contributed by atoms with Crippen LogP contribution in [0, 0.1) is 0 Å². The van der Waals surface area contributed by atoms with Gasteiger partial charge in [-0.1, -0.05) is 48.5 Å². The topological polar surface area (TPSA) is 61.4 Å². The molecule has 29 heavy (non-hydrogen) atoms. The van der Waals surface area contributed by atoms with Crippen molar-refractivity contribution in [2.75, 3.05) is 22.1 Å². The van der Waals surface area contributed by atoms with Crippen LogP contribution in [-0.4, -0.2) is 24.4 Å².